The molecule has 2 saturated heterocycles. The molecular weight excluding hydrogens is 768 g/mol. The zero-order chi connectivity index (χ0) is 40.1. The standard InChI is InChI=1S/C21H23N5O4.C19H21N5O3.ClH/c1-12(27)26-7-6-14(11-26)24-21(28)15-9-22-20-19(15)25-16(10-23-20)13-4-5-17(29-2)18(8-13)30-3;1-26-15-4-3-11(7-16(15)27-2)14-10-22-18-17(24-14)13(9-21-18)19(25)23-12-5-6-20-8-12;/h4-5,8-10,14H,6-7,11H2,1-3H3,(H,22,23)(H,24,28);3-4,7,9-10,12,20H,5-6,8H2,1-2H3,(H,21,22)(H,23,25);1H. The number of ether oxygens (including phenoxy) is 4. The van der Waals surface area contributed by atoms with Gasteiger partial charge < -0.3 is 49.8 Å². The lowest BCUT2D eigenvalue weighted by atomic mass is 10.1. The van der Waals surface area contributed by atoms with Gasteiger partial charge in [-0.2, -0.15) is 0 Å². The number of aromatic amines is 2. The van der Waals surface area contributed by atoms with E-state index in [1.807, 2.05) is 30.3 Å². The van der Waals surface area contributed by atoms with Gasteiger partial charge in [0.1, 0.15) is 11.0 Å². The summed E-state index contributed by atoms with van der Waals surface area (Å²) in [5.41, 5.74) is 5.94. The highest BCUT2D eigenvalue weighted by atomic mass is 35.5. The monoisotopic (exact) mass is 812 g/mol. The number of hydrogen-bond donors (Lipinski definition) is 5. The van der Waals surface area contributed by atoms with Crippen molar-refractivity contribution in [1.29, 1.82) is 0 Å². The predicted molar refractivity (Wildman–Crippen MR) is 219 cm³/mol. The van der Waals surface area contributed by atoms with Crippen LogP contribution in [-0.4, -0.2) is 119 Å². The zero-order valence-corrected chi connectivity index (χ0v) is 33.5. The second-order valence-electron chi connectivity index (χ2n) is 13.5. The van der Waals surface area contributed by atoms with Crippen LogP contribution in [0.3, 0.4) is 0 Å². The van der Waals surface area contributed by atoms with E-state index in [1.54, 1.807) is 64.2 Å². The molecule has 6 aromatic rings. The lowest BCUT2D eigenvalue weighted by molar-refractivity contribution is -0.127. The Morgan fingerprint density at radius 1 is 0.707 bits per heavy atom. The molecule has 6 heterocycles. The first-order valence-electron chi connectivity index (χ1n) is 18.4. The molecule has 17 nitrogen and oxygen atoms in total. The number of carbonyl (C=O) groups is 3. The molecule has 4 aromatic heterocycles. The van der Waals surface area contributed by atoms with Gasteiger partial charge in [-0.05, 0) is 55.8 Å². The van der Waals surface area contributed by atoms with Gasteiger partial charge in [-0.25, -0.2) is 19.9 Å². The molecule has 0 radical (unpaired) electrons. The van der Waals surface area contributed by atoms with Crippen molar-refractivity contribution < 1.29 is 33.3 Å². The molecule has 0 aliphatic carbocycles. The van der Waals surface area contributed by atoms with Crippen molar-refractivity contribution >= 4 is 52.5 Å². The minimum Gasteiger partial charge on any atom is -0.493 e. The van der Waals surface area contributed by atoms with Crippen LogP contribution in [0.5, 0.6) is 23.0 Å². The minimum atomic E-state index is -0.240. The largest absolute Gasteiger partial charge is 0.493 e. The molecule has 2 aromatic carbocycles. The molecule has 0 bridgehead atoms. The fourth-order valence-electron chi connectivity index (χ4n) is 6.87. The molecule has 0 spiro atoms. The number of carbonyl (C=O) groups excluding carboxylic acids is 3. The third kappa shape index (κ3) is 8.74. The molecule has 18 heteroatoms. The zero-order valence-electron chi connectivity index (χ0n) is 32.7. The molecule has 304 valence electrons. The summed E-state index contributed by atoms with van der Waals surface area (Å²) in [5.74, 6) is 2.08. The van der Waals surface area contributed by atoms with E-state index in [4.69, 9.17) is 18.9 Å². The van der Waals surface area contributed by atoms with Gasteiger partial charge in [-0.15, -0.1) is 12.4 Å². The van der Waals surface area contributed by atoms with Gasteiger partial charge in [0.15, 0.2) is 34.3 Å². The van der Waals surface area contributed by atoms with Crippen LogP contribution in [0.25, 0.3) is 44.8 Å². The highest BCUT2D eigenvalue weighted by molar-refractivity contribution is 6.05. The number of H-pyrrole nitrogens is 2. The number of nitrogens with one attached hydrogen (secondary N) is 5. The topological polar surface area (TPSA) is 211 Å². The number of rotatable bonds is 10. The van der Waals surface area contributed by atoms with E-state index in [2.05, 4.69) is 45.9 Å². The Bertz CT molecular complexity index is 2430. The summed E-state index contributed by atoms with van der Waals surface area (Å²) in [6.45, 7) is 4.41. The summed E-state index contributed by atoms with van der Waals surface area (Å²) in [4.78, 5) is 62.9. The van der Waals surface area contributed by atoms with E-state index in [1.165, 1.54) is 6.92 Å². The highest BCUT2D eigenvalue weighted by Gasteiger charge is 2.27. The van der Waals surface area contributed by atoms with Crippen LogP contribution in [0, 0.1) is 0 Å². The first kappa shape index (κ1) is 41.2. The third-order valence-electron chi connectivity index (χ3n) is 9.97. The van der Waals surface area contributed by atoms with Gasteiger partial charge in [0.05, 0.1) is 63.3 Å². The average Bonchev–Trinajstić information content (AvgIpc) is 4.07. The molecule has 8 rings (SSSR count). The summed E-state index contributed by atoms with van der Waals surface area (Å²) in [5, 5.41) is 9.27. The molecule has 0 saturated carbocycles. The first-order chi connectivity index (χ1) is 27.7. The smallest absolute Gasteiger partial charge is 0.255 e. The molecule has 2 atom stereocenters. The Labute approximate surface area is 340 Å². The van der Waals surface area contributed by atoms with Gasteiger partial charge in [0, 0.05) is 62.2 Å². The molecule has 2 aliphatic rings. The number of benzene rings is 2. The maximum atomic E-state index is 12.8. The van der Waals surface area contributed by atoms with Crippen molar-refractivity contribution in [3.63, 3.8) is 0 Å². The second kappa shape index (κ2) is 18.2. The van der Waals surface area contributed by atoms with Gasteiger partial charge in [-0.3, -0.25) is 14.4 Å². The van der Waals surface area contributed by atoms with Crippen LogP contribution in [0.2, 0.25) is 0 Å². The van der Waals surface area contributed by atoms with E-state index in [9.17, 15) is 14.4 Å². The van der Waals surface area contributed by atoms with Crippen LogP contribution in [-0.2, 0) is 4.79 Å². The maximum absolute atomic E-state index is 12.8. The number of halogens is 1. The normalized spacial score (nSPS) is 15.9. The van der Waals surface area contributed by atoms with Crippen molar-refractivity contribution in [2.75, 3.05) is 54.6 Å². The molecule has 5 N–H and O–H groups in total. The van der Waals surface area contributed by atoms with E-state index in [0.717, 1.165) is 37.1 Å². The lowest BCUT2D eigenvalue weighted by Crippen LogP contribution is -2.37. The second-order valence-corrected chi connectivity index (χ2v) is 13.5. The summed E-state index contributed by atoms with van der Waals surface area (Å²) in [6, 6.07) is 11.1. The van der Waals surface area contributed by atoms with Crippen LogP contribution >= 0.6 is 12.4 Å². The van der Waals surface area contributed by atoms with Crippen LogP contribution in [0.1, 0.15) is 40.5 Å². The SMILES string of the molecule is COc1ccc(-c2cnc3[nH]cc(C(=O)NC4CCN(C(C)=O)C4)c3n2)cc1OC.COc1ccc(-c2cnc3[nH]cc(C(=O)NC4CCNC4)c3n2)cc1OC.Cl. The van der Waals surface area contributed by atoms with Crippen molar-refractivity contribution in [1.82, 2.24) is 50.8 Å². The van der Waals surface area contributed by atoms with Crippen molar-refractivity contribution in [3.8, 4) is 45.5 Å². The number of aromatic nitrogens is 6. The predicted octanol–water partition coefficient (Wildman–Crippen LogP) is 4.15. The summed E-state index contributed by atoms with van der Waals surface area (Å²) in [7, 11) is 6.33. The van der Waals surface area contributed by atoms with E-state index in [-0.39, 0.29) is 42.2 Å². The Morgan fingerprint density at radius 3 is 1.64 bits per heavy atom. The molecule has 3 amide bonds. The first-order valence-corrected chi connectivity index (χ1v) is 18.4. The number of hydrogen-bond acceptors (Lipinski definition) is 12. The van der Waals surface area contributed by atoms with Crippen molar-refractivity contribution in [2.45, 2.75) is 31.8 Å². The molecule has 2 aliphatic heterocycles. The number of likely N-dealkylation sites (tertiary alicyclic amines) is 1. The highest BCUT2D eigenvalue weighted by Crippen LogP contribution is 2.33. The van der Waals surface area contributed by atoms with Gasteiger partial charge >= 0.3 is 0 Å². The average molecular weight is 813 g/mol. The van der Waals surface area contributed by atoms with Crippen LogP contribution in [0.15, 0.2) is 61.2 Å². The fraction of sp³-hybridized carbons (Fsp3) is 0.325. The number of fused-ring (bicyclic) bond motifs is 2. The van der Waals surface area contributed by atoms with E-state index < -0.39 is 0 Å². The molecule has 2 unspecified atom stereocenters. The van der Waals surface area contributed by atoms with Crippen LogP contribution < -0.4 is 34.9 Å². The Balaban J connectivity index is 0.000000193. The van der Waals surface area contributed by atoms with Crippen LogP contribution in [0.4, 0.5) is 0 Å². The quantitative estimate of drug-likeness (QED) is 0.132. The van der Waals surface area contributed by atoms with Crippen molar-refractivity contribution in [3.05, 3.63) is 72.3 Å². The van der Waals surface area contributed by atoms with Gasteiger partial charge in [-0.1, -0.05) is 0 Å². The number of nitrogens with zero attached hydrogens (tertiary/aromatic N) is 5. The van der Waals surface area contributed by atoms with Crippen molar-refractivity contribution in [2.24, 2.45) is 0 Å². The minimum absolute atomic E-state index is 0. The lowest BCUT2D eigenvalue weighted by Gasteiger charge is -2.14. The van der Waals surface area contributed by atoms with E-state index in [0.29, 0.717) is 80.9 Å². The molecule has 58 heavy (non-hydrogen) atoms. The maximum Gasteiger partial charge on any atom is 0.255 e. The number of methoxy groups -OCH3 is 4. The summed E-state index contributed by atoms with van der Waals surface area (Å²) >= 11 is 0. The van der Waals surface area contributed by atoms with E-state index >= 15 is 0 Å². The Morgan fingerprint density at radius 2 is 1.21 bits per heavy atom. The molecular formula is C40H45ClN10O7. The summed E-state index contributed by atoms with van der Waals surface area (Å²) < 4.78 is 21.3. The third-order valence-corrected chi connectivity index (χ3v) is 9.97. The summed E-state index contributed by atoms with van der Waals surface area (Å²) in [6.07, 6.45) is 8.23. The Kier molecular flexibility index (Phi) is 12.9. The fourth-order valence-corrected chi connectivity index (χ4v) is 6.87. The Hall–Kier alpha value is -6.46. The van der Waals surface area contributed by atoms with Gasteiger partial charge in [0.25, 0.3) is 11.8 Å². The number of amides is 3. The van der Waals surface area contributed by atoms with Gasteiger partial charge in [0.2, 0.25) is 5.91 Å². The molecule has 2 fully saturated rings.